The third kappa shape index (κ3) is 3.23. The zero-order valence-corrected chi connectivity index (χ0v) is 8.72. The van der Waals surface area contributed by atoms with Crippen LogP contribution in [0.1, 0.15) is 5.56 Å². The van der Waals surface area contributed by atoms with Gasteiger partial charge < -0.3 is 0 Å². The maximum absolute atomic E-state index is 12.8. The van der Waals surface area contributed by atoms with Crippen LogP contribution in [0.25, 0.3) is 6.08 Å². The Balaban J connectivity index is 1.99. The number of halogens is 1. The fourth-order valence-corrected chi connectivity index (χ4v) is 1.21. The molecule has 0 radical (unpaired) electrons. The number of benzene rings is 1. The van der Waals surface area contributed by atoms with E-state index in [1.165, 1.54) is 30.6 Å². The van der Waals surface area contributed by atoms with Crippen molar-refractivity contribution in [1.82, 2.24) is 15.2 Å². The molecule has 0 bridgehead atoms. The number of anilines is 1. The van der Waals surface area contributed by atoms with Gasteiger partial charge in [-0.25, -0.2) is 9.49 Å². The van der Waals surface area contributed by atoms with E-state index in [4.69, 9.17) is 0 Å². The molecule has 1 aromatic heterocycles. The predicted molar refractivity (Wildman–Crippen MR) is 60.4 cm³/mol. The molecule has 0 saturated heterocycles. The highest BCUT2D eigenvalue weighted by Gasteiger charge is 1.99. The van der Waals surface area contributed by atoms with Crippen molar-refractivity contribution in [2.24, 2.45) is 0 Å². The van der Waals surface area contributed by atoms with Gasteiger partial charge in [-0.05, 0) is 23.8 Å². The number of aromatic nitrogens is 3. The third-order valence-electron chi connectivity index (χ3n) is 1.93. The zero-order chi connectivity index (χ0) is 12.1. The van der Waals surface area contributed by atoms with Gasteiger partial charge in [-0.2, -0.15) is 10.1 Å². The van der Waals surface area contributed by atoms with E-state index in [0.717, 1.165) is 0 Å². The first kappa shape index (κ1) is 11.0. The van der Waals surface area contributed by atoms with E-state index in [1.54, 1.807) is 12.1 Å². The van der Waals surface area contributed by atoms with Crippen LogP contribution in [0, 0.1) is 5.82 Å². The van der Waals surface area contributed by atoms with Gasteiger partial charge in [0.05, 0.1) is 0 Å². The van der Waals surface area contributed by atoms with Crippen LogP contribution in [-0.4, -0.2) is 21.1 Å². The summed E-state index contributed by atoms with van der Waals surface area (Å²) in [5.74, 6) is -0.451. The molecule has 2 rings (SSSR count). The van der Waals surface area contributed by atoms with E-state index in [9.17, 15) is 9.18 Å². The predicted octanol–water partition coefficient (Wildman–Crippen LogP) is 1.60. The molecule has 17 heavy (non-hydrogen) atoms. The van der Waals surface area contributed by atoms with E-state index < -0.39 is 0 Å². The molecule has 5 nitrogen and oxygen atoms in total. The van der Waals surface area contributed by atoms with Crippen molar-refractivity contribution >= 4 is 17.9 Å². The fourth-order valence-electron chi connectivity index (χ4n) is 1.21. The molecule has 1 aromatic carbocycles. The van der Waals surface area contributed by atoms with Gasteiger partial charge >= 0.3 is 0 Å². The van der Waals surface area contributed by atoms with Crippen LogP contribution >= 0.6 is 0 Å². The molecule has 0 aliphatic carbocycles. The SMILES string of the molecule is O=C(/C=C/c1cccc(F)c1)Nc1ncn[nH]1. The lowest BCUT2D eigenvalue weighted by Gasteiger charge is -1.95. The first-order valence-electron chi connectivity index (χ1n) is 4.84. The van der Waals surface area contributed by atoms with Crippen LogP contribution in [0.3, 0.4) is 0 Å². The summed E-state index contributed by atoms with van der Waals surface area (Å²) in [7, 11) is 0. The Kier molecular flexibility index (Phi) is 3.25. The molecular weight excluding hydrogens is 223 g/mol. The second-order valence-electron chi connectivity index (χ2n) is 3.21. The summed E-state index contributed by atoms with van der Waals surface area (Å²) in [6.45, 7) is 0. The van der Waals surface area contributed by atoms with Crippen LogP contribution in [0.2, 0.25) is 0 Å². The number of aromatic amines is 1. The number of amides is 1. The molecule has 0 fully saturated rings. The van der Waals surface area contributed by atoms with E-state index >= 15 is 0 Å². The van der Waals surface area contributed by atoms with E-state index in [1.807, 2.05) is 0 Å². The minimum atomic E-state index is -0.369. The quantitative estimate of drug-likeness (QED) is 0.789. The molecule has 0 unspecified atom stereocenters. The highest BCUT2D eigenvalue weighted by Crippen LogP contribution is 2.05. The monoisotopic (exact) mass is 232 g/mol. The van der Waals surface area contributed by atoms with Crippen molar-refractivity contribution < 1.29 is 9.18 Å². The summed E-state index contributed by atoms with van der Waals surface area (Å²) in [5.41, 5.74) is 0.609. The van der Waals surface area contributed by atoms with Gasteiger partial charge in [-0.3, -0.25) is 10.1 Å². The first-order valence-corrected chi connectivity index (χ1v) is 4.84. The van der Waals surface area contributed by atoms with Crippen molar-refractivity contribution in [2.75, 3.05) is 5.32 Å². The second-order valence-corrected chi connectivity index (χ2v) is 3.21. The number of H-pyrrole nitrogens is 1. The largest absolute Gasteiger partial charge is 0.291 e. The zero-order valence-electron chi connectivity index (χ0n) is 8.72. The van der Waals surface area contributed by atoms with Crippen LogP contribution in [0.15, 0.2) is 36.7 Å². The third-order valence-corrected chi connectivity index (χ3v) is 1.93. The summed E-state index contributed by atoms with van der Waals surface area (Å²) in [5, 5.41) is 8.53. The lowest BCUT2D eigenvalue weighted by molar-refractivity contribution is -0.111. The molecule has 0 saturated carbocycles. The Morgan fingerprint density at radius 2 is 2.35 bits per heavy atom. The number of hydrogen-bond acceptors (Lipinski definition) is 3. The summed E-state index contributed by atoms with van der Waals surface area (Å²) >= 11 is 0. The van der Waals surface area contributed by atoms with Crippen LogP contribution in [0.4, 0.5) is 10.3 Å². The van der Waals surface area contributed by atoms with Crippen molar-refractivity contribution in [3.05, 3.63) is 48.0 Å². The average molecular weight is 232 g/mol. The number of carbonyl (C=O) groups excluding carboxylic acids is 1. The number of rotatable bonds is 3. The normalized spacial score (nSPS) is 10.6. The summed E-state index contributed by atoms with van der Waals surface area (Å²) in [6, 6.07) is 5.94. The smallest absolute Gasteiger partial charge is 0.250 e. The van der Waals surface area contributed by atoms with Crippen LogP contribution in [-0.2, 0) is 4.79 Å². The van der Waals surface area contributed by atoms with Gasteiger partial charge in [0.2, 0.25) is 5.95 Å². The number of hydrogen-bond donors (Lipinski definition) is 2. The molecule has 1 heterocycles. The van der Waals surface area contributed by atoms with Crippen molar-refractivity contribution in [2.45, 2.75) is 0 Å². The Hall–Kier alpha value is -2.50. The van der Waals surface area contributed by atoms with Gasteiger partial charge in [0, 0.05) is 6.08 Å². The van der Waals surface area contributed by atoms with Gasteiger partial charge in [-0.1, -0.05) is 12.1 Å². The molecule has 2 aromatic rings. The maximum Gasteiger partial charge on any atom is 0.250 e. The number of nitrogens with one attached hydrogen (secondary N) is 2. The van der Waals surface area contributed by atoms with E-state index in [-0.39, 0.29) is 17.7 Å². The topological polar surface area (TPSA) is 70.7 Å². The van der Waals surface area contributed by atoms with Gasteiger partial charge in [-0.15, -0.1) is 0 Å². The first-order chi connectivity index (χ1) is 8.24. The Labute approximate surface area is 96.4 Å². The van der Waals surface area contributed by atoms with Gasteiger partial charge in [0.25, 0.3) is 5.91 Å². The number of nitrogens with zero attached hydrogens (tertiary/aromatic N) is 2. The molecule has 0 aliphatic rings. The van der Waals surface area contributed by atoms with Crippen molar-refractivity contribution in [3.8, 4) is 0 Å². The van der Waals surface area contributed by atoms with Crippen LogP contribution in [0.5, 0.6) is 0 Å². The summed E-state index contributed by atoms with van der Waals surface area (Å²) < 4.78 is 12.8. The maximum atomic E-state index is 12.8. The second kappa shape index (κ2) is 5.02. The molecule has 1 amide bonds. The molecule has 0 atom stereocenters. The average Bonchev–Trinajstić information content (AvgIpc) is 2.79. The van der Waals surface area contributed by atoms with Crippen molar-refractivity contribution in [1.29, 1.82) is 0 Å². The van der Waals surface area contributed by atoms with E-state index in [0.29, 0.717) is 5.56 Å². The van der Waals surface area contributed by atoms with Crippen LogP contribution < -0.4 is 5.32 Å². The van der Waals surface area contributed by atoms with Gasteiger partial charge in [0.1, 0.15) is 12.1 Å². The highest BCUT2D eigenvalue weighted by atomic mass is 19.1. The lowest BCUT2D eigenvalue weighted by Crippen LogP contribution is -2.08. The minimum Gasteiger partial charge on any atom is -0.291 e. The van der Waals surface area contributed by atoms with Crippen molar-refractivity contribution in [3.63, 3.8) is 0 Å². The van der Waals surface area contributed by atoms with E-state index in [2.05, 4.69) is 20.5 Å². The fraction of sp³-hybridized carbons (Fsp3) is 0. The summed E-state index contributed by atoms with van der Waals surface area (Å²) in [6.07, 6.45) is 4.08. The molecule has 6 heteroatoms. The molecule has 0 spiro atoms. The molecule has 2 N–H and O–H groups in total. The Morgan fingerprint density at radius 3 is 3.06 bits per heavy atom. The molecular formula is C11H9FN4O. The van der Waals surface area contributed by atoms with Gasteiger partial charge in [0.15, 0.2) is 0 Å². The lowest BCUT2D eigenvalue weighted by atomic mass is 10.2. The number of carbonyl (C=O) groups is 1. The summed E-state index contributed by atoms with van der Waals surface area (Å²) in [4.78, 5) is 15.1. The molecule has 86 valence electrons. The Bertz CT molecular complexity index is 536. The standard InChI is InChI=1S/C11H9FN4O/c12-9-3-1-2-8(6-9)4-5-10(17)15-11-13-7-14-16-11/h1-7H,(H2,13,14,15,16,17)/b5-4+. The minimum absolute atomic E-state index is 0.263. The molecule has 0 aliphatic heterocycles. The highest BCUT2D eigenvalue weighted by molar-refractivity contribution is 6.00. The Morgan fingerprint density at radius 1 is 1.47 bits per heavy atom.